The van der Waals surface area contributed by atoms with Crippen LogP contribution in [0.4, 0.5) is 0 Å². The zero-order valence-electron chi connectivity index (χ0n) is 8.99. The van der Waals surface area contributed by atoms with Gasteiger partial charge < -0.3 is 10.1 Å². The van der Waals surface area contributed by atoms with E-state index in [1.165, 1.54) is 5.56 Å². The summed E-state index contributed by atoms with van der Waals surface area (Å²) in [5.41, 5.74) is 1.27. The number of hydrogen-bond donors (Lipinski definition) is 1. The SMILES string of the molecule is CCOc1ccc(CC2=NCCN2)cc1. The molecule has 0 fully saturated rings. The number of rotatable bonds is 4. The molecule has 3 heteroatoms. The zero-order chi connectivity index (χ0) is 10.5. The molecule has 0 aromatic heterocycles. The first-order valence-electron chi connectivity index (χ1n) is 5.37. The standard InChI is InChI=1S/C12H16N2O/c1-2-15-11-5-3-10(4-6-11)9-12-13-7-8-14-12/h3-6H,2,7-9H2,1H3,(H,13,14). The number of aliphatic imine (C=N–C) groups is 1. The van der Waals surface area contributed by atoms with Crippen LogP contribution in [0.3, 0.4) is 0 Å². The fourth-order valence-corrected chi connectivity index (χ4v) is 1.63. The molecule has 0 bridgehead atoms. The van der Waals surface area contributed by atoms with Gasteiger partial charge in [-0.15, -0.1) is 0 Å². The van der Waals surface area contributed by atoms with Crippen molar-refractivity contribution in [2.24, 2.45) is 4.99 Å². The summed E-state index contributed by atoms with van der Waals surface area (Å²) in [6, 6.07) is 8.20. The second-order valence-electron chi connectivity index (χ2n) is 3.51. The summed E-state index contributed by atoms with van der Waals surface area (Å²) < 4.78 is 5.38. The highest BCUT2D eigenvalue weighted by Crippen LogP contribution is 2.12. The molecule has 1 aliphatic rings. The fraction of sp³-hybridized carbons (Fsp3) is 0.417. The lowest BCUT2D eigenvalue weighted by atomic mass is 10.1. The third-order valence-corrected chi connectivity index (χ3v) is 2.35. The van der Waals surface area contributed by atoms with E-state index in [-0.39, 0.29) is 0 Å². The minimum absolute atomic E-state index is 0.716. The van der Waals surface area contributed by atoms with Gasteiger partial charge in [-0.25, -0.2) is 0 Å². The van der Waals surface area contributed by atoms with Gasteiger partial charge in [0.1, 0.15) is 11.6 Å². The summed E-state index contributed by atoms with van der Waals surface area (Å²) in [7, 11) is 0. The average Bonchev–Trinajstić information content (AvgIpc) is 2.74. The minimum Gasteiger partial charge on any atom is -0.494 e. The van der Waals surface area contributed by atoms with E-state index in [0.29, 0.717) is 6.61 Å². The molecule has 0 radical (unpaired) electrons. The molecule has 15 heavy (non-hydrogen) atoms. The number of amidine groups is 1. The molecule has 1 aromatic carbocycles. The van der Waals surface area contributed by atoms with E-state index >= 15 is 0 Å². The van der Waals surface area contributed by atoms with Gasteiger partial charge in [0.2, 0.25) is 0 Å². The molecule has 0 spiro atoms. The van der Waals surface area contributed by atoms with Gasteiger partial charge in [0.25, 0.3) is 0 Å². The molecular weight excluding hydrogens is 188 g/mol. The normalized spacial score (nSPS) is 14.6. The Morgan fingerprint density at radius 1 is 1.33 bits per heavy atom. The third kappa shape index (κ3) is 2.72. The topological polar surface area (TPSA) is 33.6 Å². The Bertz CT molecular complexity index is 343. The number of nitrogens with zero attached hydrogens (tertiary/aromatic N) is 1. The Labute approximate surface area is 90.2 Å². The van der Waals surface area contributed by atoms with Gasteiger partial charge in [-0.2, -0.15) is 0 Å². The molecule has 0 unspecified atom stereocenters. The number of nitrogens with one attached hydrogen (secondary N) is 1. The highest BCUT2D eigenvalue weighted by atomic mass is 16.5. The summed E-state index contributed by atoms with van der Waals surface area (Å²) in [4.78, 5) is 4.36. The van der Waals surface area contributed by atoms with Crippen LogP contribution in [-0.2, 0) is 6.42 Å². The van der Waals surface area contributed by atoms with Crippen molar-refractivity contribution in [2.45, 2.75) is 13.3 Å². The molecule has 0 amide bonds. The van der Waals surface area contributed by atoms with Crippen LogP contribution in [0.15, 0.2) is 29.3 Å². The Kier molecular flexibility index (Phi) is 3.22. The van der Waals surface area contributed by atoms with Crippen molar-refractivity contribution < 1.29 is 4.74 Å². The monoisotopic (exact) mass is 204 g/mol. The van der Waals surface area contributed by atoms with Crippen LogP contribution >= 0.6 is 0 Å². The van der Waals surface area contributed by atoms with Crippen LogP contribution < -0.4 is 10.1 Å². The van der Waals surface area contributed by atoms with E-state index in [1.807, 2.05) is 19.1 Å². The highest BCUT2D eigenvalue weighted by molar-refractivity contribution is 5.85. The Morgan fingerprint density at radius 2 is 2.13 bits per heavy atom. The molecule has 80 valence electrons. The maximum Gasteiger partial charge on any atom is 0.119 e. The lowest BCUT2D eigenvalue weighted by Crippen LogP contribution is -2.20. The average molecular weight is 204 g/mol. The first-order chi connectivity index (χ1) is 7.38. The van der Waals surface area contributed by atoms with Crippen LogP contribution in [-0.4, -0.2) is 25.5 Å². The molecule has 3 nitrogen and oxygen atoms in total. The van der Waals surface area contributed by atoms with E-state index in [2.05, 4.69) is 22.4 Å². The van der Waals surface area contributed by atoms with E-state index in [4.69, 9.17) is 4.74 Å². The zero-order valence-corrected chi connectivity index (χ0v) is 8.99. The van der Waals surface area contributed by atoms with E-state index < -0.39 is 0 Å². The molecular formula is C12H16N2O. The number of benzene rings is 1. The van der Waals surface area contributed by atoms with Crippen molar-refractivity contribution in [2.75, 3.05) is 19.7 Å². The van der Waals surface area contributed by atoms with Gasteiger partial charge in [-0.05, 0) is 24.6 Å². The largest absolute Gasteiger partial charge is 0.494 e. The summed E-state index contributed by atoms with van der Waals surface area (Å²) in [5, 5.41) is 3.26. The van der Waals surface area contributed by atoms with Crippen molar-refractivity contribution in [1.29, 1.82) is 0 Å². The Hall–Kier alpha value is -1.51. The van der Waals surface area contributed by atoms with Crippen LogP contribution in [0.5, 0.6) is 5.75 Å². The predicted octanol–water partition coefficient (Wildman–Crippen LogP) is 1.63. The van der Waals surface area contributed by atoms with Crippen LogP contribution in [0.25, 0.3) is 0 Å². The van der Waals surface area contributed by atoms with Crippen molar-refractivity contribution in [3.05, 3.63) is 29.8 Å². The second kappa shape index (κ2) is 4.82. The first kappa shape index (κ1) is 10.0. The van der Waals surface area contributed by atoms with Crippen LogP contribution in [0, 0.1) is 0 Å². The number of hydrogen-bond acceptors (Lipinski definition) is 3. The molecule has 1 aromatic rings. The maximum atomic E-state index is 5.38. The summed E-state index contributed by atoms with van der Waals surface area (Å²) >= 11 is 0. The van der Waals surface area contributed by atoms with E-state index in [1.54, 1.807) is 0 Å². The van der Waals surface area contributed by atoms with E-state index in [0.717, 1.165) is 31.1 Å². The smallest absolute Gasteiger partial charge is 0.119 e. The Morgan fingerprint density at radius 3 is 2.73 bits per heavy atom. The quantitative estimate of drug-likeness (QED) is 0.808. The fourth-order valence-electron chi connectivity index (χ4n) is 1.63. The van der Waals surface area contributed by atoms with Gasteiger partial charge in [0.15, 0.2) is 0 Å². The first-order valence-corrected chi connectivity index (χ1v) is 5.37. The highest BCUT2D eigenvalue weighted by Gasteiger charge is 2.05. The van der Waals surface area contributed by atoms with Gasteiger partial charge in [0.05, 0.1) is 13.2 Å². The van der Waals surface area contributed by atoms with Crippen molar-refractivity contribution in [3.8, 4) is 5.75 Å². The van der Waals surface area contributed by atoms with Crippen molar-refractivity contribution >= 4 is 5.84 Å². The molecule has 0 saturated carbocycles. The summed E-state index contributed by atoms with van der Waals surface area (Å²) in [5.74, 6) is 2.03. The number of ether oxygens (including phenoxy) is 1. The molecule has 1 heterocycles. The molecule has 0 aliphatic carbocycles. The maximum absolute atomic E-state index is 5.38. The predicted molar refractivity (Wildman–Crippen MR) is 61.6 cm³/mol. The summed E-state index contributed by atoms with van der Waals surface area (Å²) in [6.45, 7) is 4.59. The van der Waals surface area contributed by atoms with Crippen LogP contribution in [0.2, 0.25) is 0 Å². The molecule has 0 atom stereocenters. The lowest BCUT2D eigenvalue weighted by Gasteiger charge is -2.05. The van der Waals surface area contributed by atoms with E-state index in [9.17, 15) is 0 Å². The molecule has 2 rings (SSSR count). The van der Waals surface area contributed by atoms with Crippen molar-refractivity contribution in [1.82, 2.24) is 5.32 Å². The minimum atomic E-state index is 0.716. The Balaban J connectivity index is 1.97. The van der Waals surface area contributed by atoms with Gasteiger partial charge >= 0.3 is 0 Å². The van der Waals surface area contributed by atoms with Crippen molar-refractivity contribution in [3.63, 3.8) is 0 Å². The lowest BCUT2D eigenvalue weighted by molar-refractivity contribution is 0.340. The molecule has 1 aliphatic heterocycles. The third-order valence-electron chi connectivity index (χ3n) is 2.35. The van der Waals surface area contributed by atoms with Gasteiger partial charge in [0, 0.05) is 13.0 Å². The van der Waals surface area contributed by atoms with Gasteiger partial charge in [-0.1, -0.05) is 12.1 Å². The molecule has 1 N–H and O–H groups in total. The van der Waals surface area contributed by atoms with Crippen LogP contribution in [0.1, 0.15) is 12.5 Å². The second-order valence-corrected chi connectivity index (χ2v) is 3.51. The molecule has 0 saturated heterocycles. The summed E-state index contributed by atoms with van der Waals surface area (Å²) in [6.07, 6.45) is 0.895. The van der Waals surface area contributed by atoms with Gasteiger partial charge in [-0.3, -0.25) is 4.99 Å².